The Bertz CT molecular complexity index is 801. The van der Waals surface area contributed by atoms with Gasteiger partial charge in [-0.1, -0.05) is 0 Å². The first-order chi connectivity index (χ1) is 10.2. The summed E-state index contributed by atoms with van der Waals surface area (Å²) in [6.07, 6.45) is 0. The number of nitrogens with one attached hydrogen (secondary N) is 1. The van der Waals surface area contributed by atoms with Crippen molar-refractivity contribution in [1.29, 1.82) is 0 Å². The van der Waals surface area contributed by atoms with E-state index in [4.69, 9.17) is 9.47 Å². The zero-order valence-corrected chi connectivity index (χ0v) is 10.9. The predicted octanol–water partition coefficient (Wildman–Crippen LogP) is 2.85. The van der Waals surface area contributed by atoms with E-state index in [0.717, 1.165) is 5.52 Å². The average Bonchev–Trinajstić information content (AvgIpc) is 2.89. The van der Waals surface area contributed by atoms with Gasteiger partial charge < -0.3 is 19.6 Å². The van der Waals surface area contributed by atoms with E-state index in [9.17, 15) is 9.50 Å². The van der Waals surface area contributed by atoms with E-state index in [1.54, 1.807) is 12.1 Å². The molecule has 0 atom stereocenters. The molecule has 0 saturated carbocycles. The Balaban J connectivity index is 1.88. The normalized spacial score (nSPS) is 13.6. The molecule has 106 valence electrons. The molecule has 2 heterocycles. The molecule has 0 amide bonds. The maximum atomic E-state index is 13.3. The minimum Gasteiger partial charge on any atom is -0.507 e. The highest BCUT2D eigenvalue weighted by Gasteiger charge is 2.16. The lowest BCUT2D eigenvalue weighted by molar-refractivity contribution is 0.172. The first-order valence-corrected chi connectivity index (χ1v) is 6.49. The predicted molar refractivity (Wildman–Crippen MR) is 74.1 cm³/mol. The van der Waals surface area contributed by atoms with Crippen molar-refractivity contribution in [3.05, 3.63) is 36.1 Å². The van der Waals surface area contributed by atoms with Gasteiger partial charge in [-0.25, -0.2) is 9.37 Å². The van der Waals surface area contributed by atoms with Crippen LogP contribution in [0.1, 0.15) is 0 Å². The topological polar surface area (TPSA) is 67.4 Å². The van der Waals surface area contributed by atoms with E-state index in [1.807, 2.05) is 0 Å². The van der Waals surface area contributed by atoms with Gasteiger partial charge in [0.05, 0.1) is 16.6 Å². The Morgan fingerprint density at radius 3 is 2.67 bits per heavy atom. The number of nitrogens with zero attached hydrogens (tertiary/aromatic N) is 1. The monoisotopic (exact) mass is 286 g/mol. The standard InChI is InChI=1S/C15H11FN2O3/c16-8-1-2-12(19)9(5-8)15-17-10-6-13-14(7-11(10)18-15)21-4-3-20-13/h1-2,5-7,19H,3-4H2,(H,17,18). The van der Waals surface area contributed by atoms with Crippen molar-refractivity contribution < 1.29 is 19.0 Å². The number of ether oxygens (including phenoxy) is 2. The summed E-state index contributed by atoms with van der Waals surface area (Å²) in [7, 11) is 0. The summed E-state index contributed by atoms with van der Waals surface area (Å²) in [6.45, 7) is 1.00. The molecule has 5 nitrogen and oxygen atoms in total. The number of halogens is 1. The number of aromatic amines is 1. The minimum atomic E-state index is -0.436. The minimum absolute atomic E-state index is 0.0345. The van der Waals surface area contributed by atoms with Crippen LogP contribution in [0.25, 0.3) is 22.4 Å². The highest BCUT2D eigenvalue weighted by atomic mass is 19.1. The van der Waals surface area contributed by atoms with E-state index in [2.05, 4.69) is 9.97 Å². The maximum absolute atomic E-state index is 13.3. The molecule has 0 spiro atoms. The van der Waals surface area contributed by atoms with Crippen LogP contribution in [0.15, 0.2) is 30.3 Å². The van der Waals surface area contributed by atoms with Gasteiger partial charge in [0.15, 0.2) is 11.5 Å². The molecule has 0 saturated heterocycles. The van der Waals surface area contributed by atoms with Crippen LogP contribution in [0.3, 0.4) is 0 Å². The zero-order valence-electron chi connectivity index (χ0n) is 10.9. The van der Waals surface area contributed by atoms with Crippen LogP contribution in [-0.2, 0) is 0 Å². The fourth-order valence-corrected chi connectivity index (χ4v) is 2.37. The molecule has 1 aliphatic rings. The molecule has 0 unspecified atom stereocenters. The zero-order chi connectivity index (χ0) is 14.4. The summed E-state index contributed by atoms with van der Waals surface area (Å²) < 4.78 is 24.3. The summed E-state index contributed by atoms with van der Waals surface area (Å²) in [5.41, 5.74) is 1.71. The van der Waals surface area contributed by atoms with Crippen molar-refractivity contribution in [2.45, 2.75) is 0 Å². The second-order valence-electron chi connectivity index (χ2n) is 4.76. The largest absolute Gasteiger partial charge is 0.507 e. The molecule has 0 radical (unpaired) electrons. The second-order valence-corrected chi connectivity index (χ2v) is 4.76. The Kier molecular flexibility index (Phi) is 2.50. The van der Waals surface area contributed by atoms with Gasteiger partial charge in [-0.05, 0) is 18.2 Å². The van der Waals surface area contributed by atoms with Gasteiger partial charge in [-0.3, -0.25) is 0 Å². The van der Waals surface area contributed by atoms with E-state index < -0.39 is 5.82 Å². The first kappa shape index (κ1) is 12.0. The number of phenols is 1. The second kappa shape index (κ2) is 4.37. The molecule has 21 heavy (non-hydrogen) atoms. The van der Waals surface area contributed by atoms with E-state index >= 15 is 0 Å². The third-order valence-electron chi connectivity index (χ3n) is 3.36. The first-order valence-electron chi connectivity index (χ1n) is 6.49. The van der Waals surface area contributed by atoms with E-state index in [1.165, 1.54) is 18.2 Å². The lowest BCUT2D eigenvalue weighted by Gasteiger charge is -2.17. The Morgan fingerprint density at radius 1 is 1.10 bits per heavy atom. The number of fused-ring (bicyclic) bond motifs is 2. The lowest BCUT2D eigenvalue weighted by Crippen LogP contribution is -2.15. The third-order valence-corrected chi connectivity index (χ3v) is 3.36. The van der Waals surface area contributed by atoms with E-state index in [-0.39, 0.29) is 5.75 Å². The quantitative estimate of drug-likeness (QED) is 0.722. The van der Waals surface area contributed by atoms with Gasteiger partial charge in [0, 0.05) is 12.1 Å². The van der Waals surface area contributed by atoms with Crippen molar-refractivity contribution in [3.8, 4) is 28.6 Å². The number of H-pyrrole nitrogens is 1. The van der Waals surface area contributed by atoms with Crippen LogP contribution < -0.4 is 9.47 Å². The summed E-state index contributed by atoms with van der Waals surface area (Å²) in [5.74, 6) is 1.20. The molecule has 2 aromatic carbocycles. The number of benzene rings is 2. The molecule has 4 rings (SSSR count). The number of rotatable bonds is 1. The number of aromatic hydroxyl groups is 1. The highest BCUT2D eigenvalue weighted by Crippen LogP contribution is 2.36. The van der Waals surface area contributed by atoms with E-state index in [0.29, 0.717) is 41.6 Å². The molecule has 0 aliphatic carbocycles. The summed E-state index contributed by atoms with van der Waals surface area (Å²) in [5, 5.41) is 9.85. The Labute approximate surface area is 119 Å². The van der Waals surface area contributed by atoms with Gasteiger partial charge >= 0.3 is 0 Å². The highest BCUT2D eigenvalue weighted by molar-refractivity contribution is 5.84. The van der Waals surface area contributed by atoms with Crippen LogP contribution in [0.4, 0.5) is 4.39 Å². The lowest BCUT2D eigenvalue weighted by atomic mass is 10.2. The summed E-state index contributed by atoms with van der Waals surface area (Å²) in [4.78, 5) is 7.43. The van der Waals surface area contributed by atoms with Crippen molar-refractivity contribution in [2.24, 2.45) is 0 Å². The summed E-state index contributed by atoms with van der Waals surface area (Å²) >= 11 is 0. The maximum Gasteiger partial charge on any atom is 0.163 e. The Morgan fingerprint density at radius 2 is 1.86 bits per heavy atom. The Hall–Kier alpha value is -2.76. The molecule has 0 bridgehead atoms. The van der Waals surface area contributed by atoms with Crippen molar-refractivity contribution >= 4 is 11.0 Å². The molecule has 1 aromatic heterocycles. The SMILES string of the molecule is Oc1ccc(F)cc1-c1nc2cc3c(cc2[nH]1)OCCO3. The summed E-state index contributed by atoms with van der Waals surface area (Å²) in [6, 6.07) is 7.29. The van der Waals surface area contributed by atoms with Gasteiger partial charge in [0.1, 0.15) is 30.6 Å². The molecule has 6 heteroatoms. The number of aromatic nitrogens is 2. The fraction of sp³-hybridized carbons (Fsp3) is 0.133. The molecule has 2 N–H and O–H groups in total. The molecule has 3 aromatic rings. The number of imidazole rings is 1. The number of phenolic OH excluding ortho intramolecular Hbond substituents is 1. The van der Waals surface area contributed by atoms with Crippen LogP contribution in [0.2, 0.25) is 0 Å². The van der Waals surface area contributed by atoms with Gasteiger partial charge in [0.2, 0.25) is 0 Å². The van der Waals surface area contributed by atoms with Crippen LogP contribution in [0.5, 0.6) is 17.2 Å². The number of hydrogen-bond donors (Lipinski definition) is 2. The van der Waals surface area contributed by atoms with Gasteiger partial charge in [0.25, 0.3) is 0 Å². The van der Waals surface area contributed by atoms with Crippen LogP contribution in [-0.4, -0.2) is 28.3 Å². The average molecular weight is 286 g/mol. The van der Waals surface area contributed by atoms with Crippen molar-refractivity contribution in [1.82, 2.24) is 9.97 Å². The van der Waals surface area contributed by atoms with Crippen molar-refractivity contribution in [3.63, 3.8) is 0 Å². The molecule has 1 aliphatic heterocycles. The number of hydrogen-bond acceptors (Lipinski definition) is 4. The smallest absolute Gasteiger partial charge is 0.163 e. The molecule has 0 fully saturated rings. The van der Waals surface area contributed by atoms with Crippen LogP contribution in [0, 0.1) is 5.82 Å². The molecular weight excluding hydrogens is 275 g/mol. The molecular formula is C15H11FN2O3. The van der Waals surface area contributed by atoms with Gasteiger partial charge in [-0.15, -0.1) is 0 Å². The van der Waals surface area contributed by atoms with Crippen molar-refractivity contribution in [2.75, 3.05) is 13.2 Å². The fourth-order valence-electron chi connectivity index (χ4n) is 2.37. The van der Waals surface area contributed by atoms with Crippen LogP contribution >= 0.6 is 0 Å². The third kappa shape index (κ3) is 1.96. The van der Waals surface area contributed by atoms with Gasteiger partial charge in [-0.2, -0.15) is 0 Å².